The Balaban J connectivity index is 0.00000196. The summed E-state index contributed by atoms with van der Waals surface area (Å²) in [6.45, 7) is 1.39. The number of aliphatic hydroxyl groups is 1. The van der Waals surface area contributed by atoms with E-state index in [-0.39, 0.29) is 24.0 Å². The molecule has 0 fully saturated rings. The molecule has 1 aromatic heterocycles. The Hall–Kier alpha value is -0.100. The van der Waals surface area contributed by atoms with Crippen molar-refractivity contribution >= 4 is 0 Å². The Bertz CT molecular complexity index is 214. The van der Waals surface area contributed by atoms with Crippen LogP contribution in [0.2, 0.25) is 0 Å². The van der Waals surface area contributed by atoms with Crippen LogP contribution in [-0.4, -0.2) is 11.7 Å². The summed E-state index contributed by atoms with van der Waals surface area (Å²) < 4.78 is 7.02. The average Bonchev–Trinajstić information content (AvgIpc) is 2.69. The first-order chi connectivity index (χ1) is 6.93. The molecule has 1 aromatic rings. The SMILES string of the molecule is OCCCCCCCC[n+]1ccoc1.[I-]. The zero-order chi connectivity index (χ0) is 10.1. The van der Waals surface area contributed by atoms with Crippen molar-refractivity contribution in [1.29, 1.82) is 0 Å². The fourth-order valence-corrected chi connectivity index (χ4v) is 1.50. The van der Waals surface area contributed by atoms with Crippen LogP contribution in [0, 0.1) is 0 Å². The van der Waals surface area contributed by atoms with E-state index < -0.39 is 0 Å². The van der Waals surface area contributed by atoms with Gasteiger partial charge in [0.15, 0.2) is 12.8 Å². The Morgan fingerprint density at radius 2 is 1.67 bits per heavy atom. The van der Waals surface area contributed by atoms with Crippen LogP contribution in [0.1, 0.15) is 38.5 Å². The maximum atomic E-state index is 8.58. The molecule has 1 N–H and O–H groups in total. The number of nitrogens with zero attached hydrogens (tertiary/aromatic N) is 1. The molecule has 0 spiro atoms. The van der Waals surface area contributed by atoms with Gasteiger partial charge in [-0.05, 0) is 12.8 Å². The third-order valence-corrected chi connectivity index (χ3v) is 2.35. The highest BCUT2D eigenvalue weighted by Gasteiger charge is 1.99. The predicted octanol–water partition coefficient (Wildman–Crippen LogP) is -1.10. The zero-order valence-electron chi connectivity index (χ0n) is 9.07. The van der Waals surface area contributed by atoms with E-state index >= 15 is 0 Å². The Labute approximate surface area is 109 Å². The summed E-state index contributed by atoms with van der Waals surface area (Å²) in [4.78, 5) is 0. The second kappa shape index (κ2) is 10.4. The lowest BCUT2D eigenvalue weighted by Gasteiger charge is -1.97. The van der Waals surface area contributed by atoms with Crippen LogP contribution in [0.4, 0.5) is 0 Å². The summed E-state index contributed by atoms with van der Waals surface area (Å²) in [5, 5.41) is 8.58. The molecule has 3 nitrogen and oxygen atoms in total. The zero-order valence-corrected chi connectivity index (χ0v) is 11.2. The number of aromatic nitrogens is 1. The lowest BCUT2D eigenvalue weighted by atomic mass is 10.1. The van der Waals surface area contributed by atoms with E-state index in [1.165, 1.54) is 25.7 Å². The standard InChI is InChI=1S/C11H20NO2.HI/c13-9-6-4-2-1-3-5-7-12-8-10-14-11-12;/h8,10-11,13H,1-7,9H2;1H/q+1;/p-1. The van der Waals surface area contributed by atoms with Crippen molar-refractivity contribution in [3.05, 3.63) is 18.9 Å². The lowest BCUT2D eigenvalue weighted by Crippen LogP contribution is -3.00. The molecule has 15 heavy (non-hydrogen) atoms. The number of hydrogen-bond acceptors (Lipinski definition) is 2. The maximum absolute atomic E-state index is 8.58. The molecule has 4 heteroatoms. The first-order valence-electron chi connectivity index (χ1n) is 5.45. The van der Waals surface area contributed by atoms with E-state index in [4.69, 9.17) is 9.52 Å². The largest absolute Gasteiger partial charge is 1.00 e. The highest BCUT2D eigenvalue weighted by atomic mass is 127. The van der Waals surface area contributed by atoms with Crippen molar-refractivity contribution in [3.63, 3.8) is 0 Å². The molecule has 0 saturated heterocycles. The van der Waals surface area contributed by atoms with Gasteiger partial charge >= 0.3 is 6.39 Å². The molecule has 0 aromatic carbocycles. The maximum Gasteiger partial charge on any atom is 0.334 e. The smallest absolute Gasteiger partial charge is 0.334 e. The van der Waals surface area contributed by atoms with Crippen molar-refractivity contribution < 1.29 is 38.1 Å². The Morgan fingerprint density at radius 3 is 2.27 bits per heavy atom. The average molecular weight is 325 g/mol. The van der Waals surface area contributed by atoms with Gasteiger partial charge in [-0.2, -0.15) is 4.57 Å². The molecule has 0 amide bonds. The third-order valence-electron chi connectivity index (χ3n) is 2.35. The molecule has 0 saturated carbocycles. The van der Waals surface area contributed by atoms with Crippen LogP contribution < -0.4 is 28.5 Å². The molecule has 0 aliphatic heterocycles. The van der Waals surface area contributed by atoms with E-state index in [0.717, 1.165) is 19.4 Å². The van der Waals surface area contributed by atoms with Crippen LogP contribution in [0.25, 0.3) is 0 Å². The van der Waals surface area contributed by atoms with Gasteiger partial charge in [-0.15, -0.1) is 0 Å². The first kappa shape index (κ1) is 14.9. The molecule has 0 aliphatic rings. The fourth-order valence-electron chi connectivity index (χ4n) is 1.50. The molecule has 1 rings (SSSR count). The second-order valence-electron chi connectivity index (χ2n) is 3.61. The minimum absolute atomic E-state index is 0. The van der Waals surface area contributed by atoms with E-state index in [9.17, 15) is 0 Å². The summed E-state index contributed by atoms with van der Waals surface area (Å²) in [6, 6.07) is 0. The molecule has 0 bridgehead atoms. The van der Waals surface area contributed by atoms with Crippen LogP contribution in [0.5, 0.6) is 0 Å². The van der Waals surface area contributed by atoms with E-state index in [1.807, 2.05) is 6.20 Å². The number of unbranched alkanes of at least 4 members (excludes halogenated alkanes) is 5. The van der Waals surface area contributed by atoms with Gasteiger partial charge in [0.25, 0.3) is 0 Å². The van der Waals surface area contributed by atoms with Crippen LogP contribution in [0.3, 0.4) is 0 Å². The number of hydrogen-bond donors (Lipinski definition) is 1. The number of oxazole rings is 1. The molecule has 0 aliphatic carbocycles. The number of halogens is 1. The number of aliphatic hydroxyl groups excluding tert-OH is 1. The predicted molar refractivity (Wildman–Crippen MR) is 53.7 cm³/mol. The van der Waals surface area contributed by atoms with Gasteiger partial charge in [-0.1, -0.05) is 19.3 Å². The quantitative estimate of drug-likeness (QED) is 0.374. The van der Waals surface area contributed by atoms with E-state index in [2.05, 4.69) is 4.57 Å². The van der Waals surface area contributed by atoms with Gasteiger partial charge in [0.1, 0.15) is 0 Å². The molecule has 0 atom stereocenters. The Morgan fingerprint density at radius 1 is 1.00 bits per heavy atom. The molecule has 0 unspecified atom stereocenters. The fraction of sp³-hybridized carbons (Fsp3) is 0.727. The summed E-state index contributed by atoms with van der Waals surface area (Å²) in [7, 11) is 0. The monoisotopic (exact) mass is 325 g/mol. The van der Waals surface area contributed by atoms with Crippen molar-refractivity contribution in [2.45, 2.75) is 45.1 Å². The van der Waals surface area contributed by atoms with Crippen molar-refractivity contribution in [3.8, 4) is 0 Å². The minimum Gasteiger partial charge on any atom is -1.00 e. The Kier molecular flexibility index (Phi) is 10.3. The van der Waals surface area contributed by atoms with Crippen LogP contribution in [-0.2, 0) is 6.54 Å². The summed E-state index contributed by atoms with van der Waals surface area (Å²) in [5.41, 5.74) is 0. The van der Waals surface area contributed by atoms with Gasteiger partial charge in [0.05, 0.1) is 0 Å². The second-order valence-corrected chi connectivity index (χ2v) is 3.61. The lowest BCUT2D eigenvalue weighted by molar-refractivity contribution is -0.700. The van der Waals surface area contributed by atoms with Crippen molar-refractivity contribution in [1.82, 2.24) is 0 Å². The van der Waals surface area contributed by atoms with Gasteiger partial charge in [-0.25, -0.2) is 0 Å². The third kappa shape index (κ3) is 7.79. The van der Waals surface area contributed by atoms with Crippen molar-refractivity contribution in [2.24, 2.45) is 0 Å². The van der Waals surface area contributed by atoms with Crippen LogP contribution in [0.15, 0.2) is 23.3 Å². The topological polar surface area (TPSA) is 37.2 Å². The number of aryl methyl sites for hydroxylation is 1. The molecular formula is C11H20INO2. The van der Waals surface area contributed by atoms with Crippen LogP contribution >= 0.6 is 0 Å². The molecular weight excluding hydrogens is 305 g/mol. The van der Waals surface area contributed by atoms with E-state index in [1.54, 1.807) is 12.7 Å². The summed E-state index contributed by atoms with van der Waals surface area (Å²) >= 11 is 0. The highest BCUT2D eigenvalue weighted by molar-refractivity contribution is 4.47. The number of rotatable bonds is 8. The normalized spacial score (nSPS) is 9.93. The van der Waals surface area contributed by atoms with Gasteiger partial charge in [0.2, 0.25) is 6.20 Å². The van der Waals surface area contributed by atoms with E-state index in [0.29, 0.717) is 6.61 Å². The molecule has 0 radical (unpaired) electrons. The molecule has 88 valence electrons. The minimum atomic E-state index is 0. The van der Waals surface area contributed by atoms with Gasteiger partial charge in [-0.3, -0.25) is 0 Å². The highest BCUT2D eigenvalue weighted by Crippen LogP contribution is 2.04. The molecule has 1 heterocycles. The summed E-state index contributed by atoms with van der Waals surface area (Å²) in [5.74, 6) is 0. The first-order valence-corrected chi connectivity index (χ1v) is 5.45. The van der Waals surface area contributed by atoms with Crippen molar-refractivity contribution in [2.75, 3.05) is 6.61 Å². The van der Waals surface area contributed by atoms with Gasteiger partial charge in [0, 0.05) is 13.0 Å². The van der Waals surface area contributed by atoms with Gasteiger partial charge < -0.3 is 33.5 Å². The summed E-state index contributed by atoms with van der Waals surface area (Å²) in [6.07, 6.45) is 12.5.